The largest absolute Gasteiger partial charge is 0.348 e. The molecule has 1 aromatic carbocycles. The van der Waals surface area contributed by atoms with Crippen molar-refractivity contribution in [3.05, 3.63) is 34.3 Å². The number of nitrogens with one attached hydrogen (secondary N) is 1. The molecule has 1 amide bonds. The number of hydrogen-bond donors (Lipinski definition) is 2. The van der Waals surface area contributed by atoms with Gasteiger partial charge in [-0.3, -0.25) is 4.79 Å². The van der Waals surface area contributed by atoms with Gasteiger partial charge in [-0.05, 0) is 31.0 Å². The van der Waals surface area contributed by atoms with E-state index in [4.69, 9.17) is 5.73 Å². The van der Waals surface area contributed by atoms with Crippen molar-refractivity contribution in [1.29, 1.82) is 0 Å². The zero-order valence-corrected chi connectivity index (χ0v) is 12.5. The molecule has 0 spiro atoms. The van der Waals surface area contributed by atoms with Crippen LogP contribution in [0.2, 0.25) is 0 Å². The number of benzene rings is 1. The maximum absolute atomic E-state index is 11.9. The van der Waals surface area contributed by atoms with E-state index in [2.05, 4.69) is 28.2 Å². The van der Waals surface area contributed by atoms with Crippen molar-refractivity contribution in [1.82, 2.24) is 5.32 Å². The lowest BCUT2D eigenvalue weighted by atomic mass is 10.1. The predicted molar refractivity (Wildman–Crippen MR) is 78.2 cm³/mol. The third-order valence-corrected chi connectivity index (χ3v) is 3.41. The van der Waals surface area contributed by atoms with E-state index >= 15 is 0 Å². The molecule has 3 N–H and O–H groups in total. The predicted octanol–water partition coefficient (Wildman–Crippen LogP) is 3.14. The van der Waals surface area contributed by atoms with E-state index in [1.165, 1.54) is 0 Å². The van der Waals surface area contributed by atoms with Crippen LogP contribution < -0.4 is 11.1 Å². The van der Waals surface area contributed by atoms with Gasteiger partial charge in [0.1, 0.15) is 0 Å². The lowest BCUT2D eigenvalue weighted by molar-refractivity contribution is -0.123. The molecule has 3 nitrogen and oxygen atoms in total. The summed E-state index contributed by atoms with van der Waals surface area (Å²) < 4.78 is 1.01. The summed E-state index contributed by atoms with van der Waals surface area (Å²) in [5.74, 6) is -0.0732. The van der Waals surface area contributed by atoms with Gasteiger partial charge in [0.15, 0.2) is 0 Å². The number of halogens is 1. The number of carbonyl (C=O) groups is 1. The summed E-state index contributed by atoms with van der Waals surface area (Å²) in [5, 5.41) is 2.95. The Morgan fingerprint density at radius 3 is 2.83 bits per heavy atom. The molecule has 2 atom stereocenters. The van der Waals surface area contributed by atoms with Crippen LogP contribution in [0.1, 0.15) is 44.7 Å². The fraction of sp³-hybridized carbons (Fsp3) is 0.500. The van der Waals surface area contributed by atoms with E-state index < -0.39 is 6.04 Å². The summed E-state index contributed by atoms with van der Waals surface area (Å²) >= 11 is 3.42. The summed E-state index contributed by atoms with van der Waals surface area (Å²) in [7, 11) is 0. The molecule has 0 bridgehead atoms. The molecule has 0 aliphatic heterocycles. The second kappa shape index (κ2) is 7.54. The number of hydrogen-bond acceptors (Lipinski definition) is 2. The first-order valence-electron chi connectivity index (χ1n) is 6.36. The van der Waals surface area contributed by atoms with Crippen LogP contribution in [0.15, 0.2) is 28.7 Å². The molecule has 100 valence electrons. The van der Waals surface area contributed by atoms with Crippen molar-refractivity contribution in [2.24, 2.45) is 5.73 Å². The second-order valence-corrected chi connectivity index (χ2v) is 5.45. The molecule has 0 aromatic heterocycles. The monoisotopic (exact) mass is 312 g/mol. The standard InChI is InChI=1S/C14H21BrN2O/c1-3-4-8-13(16)14(18)17-10(2)11-6-5-7-12(15)9-11/h5-7,9-10,13H,3-4,8,16H2,1-2H3,(H,17,18)/t10-,13?/m1/s1. The summed E-state index contributed by atoms with van der Waals surface area (Å²) in [6.07, 6.45) is 2.79. The molecule has 1 rings (SSSR count). The maximum atomic E-state index is 11.9. The van der Waals surface area contributed by atoms with Gasteiger partial charge in [-0.25, -0.2) is 0 Å². The Kier molecular flexibility index (Phi) is 6.36. The van der Waals surface area contributed by atoms with Crippen LogP contribution in [0, 0.1) is 0 Å². The molecule has 1 aromatic rings. The molecule has 0 saturated carbocycles. The lowest BCUT2D eigenvalue weighted by Crippen LogP contribution is -2.41. The van der Waals surface area contributed by atoms with Gasteiger partial charge in [-0.15, -0.1) is 0 Å². The normalized spacial score (nSPS) is 14.0. The molecule has 0 saturated heterocycles. The topological polar surface area (TPSA) is 55.1 Å². The first-order chi connectivity index (χ1) is 8.54. The highest BCUT2D eigenvalue weighted by molar-refractivity contribution is 9.10. The minimum absolute atomic E-state index is 0.0253. The summed E-state index contributed by atoms with van der Waals surface area (Å²) in [6.45, 7) is 4.06. The van der Waals surface area contributed by atoms with Crippen molar-refractivity contribution in [3.8, 4) is 0 Å². The fourth-order valence-electron chi connectivity index (χ4n) is 1.73. The maximum Gasteiger partial charge on any atom is 0.237 e. The number of rotatable bonds is 6. The average molecular weight is 313 g/mol. The SMILES string of the molecule is CCCCC(N)C(=O)N[C@H](C)c1cccc(Br)c1. The highest BCUT2D eigenvalue weighted by Crippen LogP contribution is 2.17. The molecule has 4 heteroatoms. The Bertz CT molecular complexity index is 395. The number of amides is 1. The van der Waals surface area contributed by atoms with Crippen molar-refractivity contribution < 1.29 is 4.79 Å². The van der Waals surface area contributed by atoms with Crippen molar-refractivity contribution in [2.75, 3.05) is 0 Å². The molecule has 0 radical (unpaired) electrons. The Labute approximate surface area is 117 Å². The van der Waals surface area contributed by atoms with Crippen LogP contribution in [0.3, 0.4) is 0 Å². The zero-order chi connectivity index (χ0) is 13.5. The molecule has 1 unspecified atom stereocenters. The highest BCUT2D eigenvalue weighted by Gasteiger charge is 2.15. The van der Waals surface area contributed by atoms with Crippen LogP contribution in [0.4, 0.5) is 0 Å². The molecule has 0 fully saturated rings. The quantitative estimate of drug-likeness (QED) is 0.847. The van der Waals surface area contributed by atoms with Gasteiger partial charge in [-0.1, -0.05) is 47.8 Å². The van der Waals surface area contributed by atoms with E-state index in [1.807, 2.05) is 31.2 Å². The molecular formula is C14H21BrN2O. The molecule has 0 aliphatic carbocycles. The van der Waals surface area contributed by atoms with Gasteiger partial charge in [0.05, 0.1) is 12.1 Å². The van der Waals surface area contributed by atoms with E-state index in [-0.39, 0.29) is 11.9 Å². The minimum atomic E-state index is -0.403. The van der Waals surface area contributed by atoms with Gasteiger partial charge >= 0.3 is 0 Å². The van der Waals surface area contributed by atoms with Gasteiger partial charge < -0.3 is 11.1 Å². The number of nitrogens with two attached hydrogens (primary N) is 1. The van der Waals surface area contributed by atoms with Crippen LogP contribution >= 0.6 is 15.9 Å². The van der Waals surface area contributed by atoms with Crippen LogP contribution in [0.25, 0.3) is 0 Å². The van der Waals surface area contributed by atoms with Crippen molar-refractivity contribution in [3.63, 3.8) is 0 Å². The Morgan fingerprint density at radius 1 is 1.50 bits per heavy atom. The summed E-state index contributed by atoms with van der Waals surface area (Å²) in [4.78, 5) is 11.9. The Morgan fingerprint density at radius 2 is 2.22 bits per heavy atom. The molecule has 0 aliphatic rings. The van der Waals surface area contributed by atoms with Gasteiger partial charge in [0.25, 0.3) is 0 Å². The summed E-state index contributed by atoms with van der Waals surface area (Å²) in [6, 6.07) is 7.49. The number of carbonyl (C=O) groups excluding carboxylic acids is 1. The van der Waals surface area contributed by atoms with Crippen LogP contribution in [0.5, 0.6) is 0 Å². The van der Waals surface area contributed by atoms with Crippen LogP contribution in [-0.2, 0) is 4.79 Å². The third-order valence-electron chi connectivity index (χ3n) is 2.91. The first-order valence-corrected chi connectivity index (χ1v) is 7.15. The minimum Gasteiger partial charge on any atom is -0.348 e. The highest BCUT2D eigenvalue weighted by atomic mass is 79.9. The molecular weight excluding hydrogens is 292 g/mol. The van der Waals surface area contributed by atoms with Gasteiger partial charge in [-0.2, -0.15) is 0 Å². The average Bonchev–Trinajstić information content (AvgIpc) is 2.35. The smallest absolute Gasteiger partial charge is 0.237 e. The van der Waals surface area contributed by atoms with E-state index in [0.717, 1.165) is 29.3 Å². The summed E-state index contributed by atoms with van der Waals surface area (Å²) in [5.41, 5.74) is 6.91. The van der Waals surface area contributed by atoms with Gasteiger partial charge in [0, 0.05) is 4.47 Å². The van der Waals surface area contributed by atoms with E-state index in [0.29, 0.717) is 0 Å². The van der Waals surface area contributed by atoms with Gasteiger partial charge in [0.2, 0.25) is 5.91 Å². The Hall–Kier alpha value is -0.870. The molecule has 18 heavy (non-hydrogen) atoms. The van der Waals surface area contributed by atoms with Crippen molar-refractivity contribution in [2.45, 2.75) is 45.2 Å². The van der Waals surface area contributed by atoms with Crippen LogP contribution in [-0.4, -0.2) is 11.9 Å². The van der Waals surface area contributed by atoms with E-state index in [9.17, 15) is 4.79 Å². The third kappa shape index (κ3) is 4.78. The zero-order valence-electron chi connectivity index (χ0n) is 10.9. The van der Waals surface area contributed by atoms with Crippen molar-refractivity contribution >= 4 is 21.8 Å². The Balaban J connectivity index is 2.54. The first kappa shape index (κ1) is 15.2. The fourth-order valence-corrected chi connectivity index (χ4v) is 2.15. The van der Waals surface area contributed by atoms with E-state index in [1.54, 1.807) is 0 Å². The lowest BCUT2D eigenvalue weighted by Gasteiger charge is -2.18. The second-order valence-electron chi connectivity index (χ2n) is 4.53. The molecule has 0 heterocycles. The number of unbranched alkanes of at least 4 members (excludes halogenated alkanes) is 1.